The third-order valence-corrected chi connectivity index (χ3v) is 3.52. The summed E-state index contributed by atoms with van der Waals surface area (Å²) in [7, 11) is 0. The molecule has 19 heavy (non-hydrogen) atoms. The molecule has 1 atom stereocenters. The molecule has 1 rings (SSSR count). The van der Waals surface area contributed by atoms with E-state index in [1.165, 1.54) is 6.07 Å². The Bertz CT molecular complexity index is 396. The predicted octanol–water partition coefficient (Wildman–Crippen LogP) is 4.17. The SMILES string of the molecule is CCCNCC(Cc1ccc(F)cc1F)C(C)(C)C. The molecule has 0 aromatic heterocycles. The van der Waals surface area contributed by atoms with Gasteiger partial charge in [0.15, 0.2) is 0 Å². The zero-order valence-corrected chi connectivity index (χ0v) is 12.4. The standard InChI is InChI=1S/C16H25F2N/c1-5-8-19-11-13(16(2,3)4)9-12-6-7-14(17)10-15(12)18/h6-7,10,13,19H,5,8-9,11H2,1-4H3. The number of hydrogen-bond acceptors (Lipinski definition) is 1. The molecule has 1 aromatic carbocycles. The molecule has 0 amide bonds. The number of benzene rings is 1. The van der Waals surface area contributed by atoms with E-state index in [0.717, 1.165) is 25.6 Å². The Morgan fingerprint density at radius 2 is 1.89 bits per heavy atom. The highest BCUT2D eigenvalue weighted by molar-refractivity contribution is 5.19. The maximum atomic E-state index is 13.7. The molecule has 0 saturated heterocycles. The van der Waals surface area contributed by atoms with Crippen molar-refractivity contribution in [2.24, 2.45) is 11.3 Å². The van der Waals surface area contributed by atoms with E-state index in [4.69, 9.17) is 0 Å². The molecule has 0 spiro atoms. The van der Waals surface area contributed by atoms with Crippen molar-refractivity contribution in [1.29, 1.82) is 0 Å². The van der Waals surface area contributed by atoms with Crippen molar-refractivity contribution in [3.05, 3.63) is 35.4 Å². The molecule has 0 aliphatic carbocycles. The van der Waals surface area contributed by atoms with Crippen LogP contribution in [0.3, 0.4) is 0 Å². The van der Waals surface area contributed by atoms with E-state index in [9.17, 15) is 8.78 Å². The number of nitrogens with one attached hydrogen (secondary N) is 1. The van der Waals surface area contributed by atoms with E-state index >= 15 is 0 Å². The first-order valence-corrected chi connectivity index (χ1v) is 6.99. The van der Waals surface area contributed by atoms with Gasteiger partial charge in [-0.25, -0.2) is 8.78 Å². The van der Waals surface area contributed by atoms with Gasteiger partial charge in [-0.3, -0.25) is 0 Å². The van der Waals surface area contributed by atoms with E-state index in [2.05, 4.69) is 33.0 Å². The molecule has 0 aliphatic rings. The molecule has 0 heterocycles. The van der Waals surface area contributed by atoms with Crippen LogP contribution in [0.5, 0.6) is 0 Å². The average molecular weight is 269 g/mol. The molecular formula is C16H25F2N. The summed E-state index contributed by atoms with van der Waals surface area (Å²) >= 11 is 0. The Kier molecular flexibility index (Phi) is 5.92. The van der Waals surface area contributed by atoms with Crippen LogP contribution in [0.15, 0.2) is 18.2 Å². The van der Waals surface area contributed by atoms with Gasteiger partial charge >= 0.3 is 0 Å². The minimum Gasteiger partial charge on any atom is -0.316 e. The van der Waals surface area contributed by atoms with Crippen LogP contribution in [0.2, 0.25) is 0 Å². The van der Waals surface area contributed by atoms with Gasteiger partial charge < -0.3 is 5.32 Å². The van der Waals surface area contributed by atoms with E-state index in [0.29, 0.717) is 17.9 Å². The van der Waals surface area contributed by atoms with Gasteiger partial charge in [0, 0.05) is 6.07 Å². The molecule has 0 saturated carbocycles. The molecular weight excluding hydrogens is 244 g/mol. The fourth-order valence-corrected chi connectivity index (χ4v) is 2.09. The molecule has 108 valence electrons. The molecule has 1 N–H and O–H groups in total. The lowest BCUT2D eigenvalue weighted by molar-refractivity contribution is 0.229. The summed E-state index contributed by atoms with van der Waals surface area (Å²) in [5.74, 6) is -0.638. The van der Waals surface area contributed by atoms with Crippen LogP contribution < -0.4 is 5.32 Å². The Morgan fingerprint density at radius 1 is 1.21 bits per heavy atom. The van der Waals surface area contributed by atoms with Gasteiger partial charge in [0.25, 0.3) is 0 Å². The lowest BCUT2D eigenvalue weighted by atomic mass is 9.77. The Balaban J connectivity index is 2.76. The van der Waals surface area contributed by atoms with Gasteiger partial charge in [-0.1, -0.05) is 33.8 Å². The summed E-state index contributed by atoms with van der Waals surface area (Å²) in [6.07, 6.45) is 1.72. The van der Waals surface area contributed by atoms with Gasteiger partial charge in [0.2, 0.25) is 0 Å². The maximum Gasteiger partial charge on any atom is 0.129 e. The minimum atomic E-state index is -0.516. The summed E-state index contributed by atoms with van der Waals surface area (Å²) in [6.45, 7) is 10.4. The van der Waals surface area contributed by atoms with Crippen LogP contribution >= 0.6 is 0 Å². The van der Waals surface area contributed by atoms with Crippen LogP contribution in [0.1, 0.15) is 39.7 Å². The summed E-state index contributed by atoms with van der Waals surface area (Å²) in [4.78, 5) is 0. The zero-order chi connectivity index (χ0) is 14.5. The van der Waals surface area contributed by atoms with Crippen LogP contribution in [0.4, 0.5) is 8.78 Å². The van der Waals surface area contributed by atoms with Crippen LogP contribution in [0.25, 0.3) is 0 Å². The van der Waals surface area contributed by atoms with Crippen molar-refractivity contribution < 1.29 is 8.78 Å². The summed E-state index contributed by atoms with van der Waals surface area (Å²) in [5, 5.41) is 3.40. The first-order valence-electron chi connectivity index (χ1n) is 6.99. The van der Waals surface area contributed by atoms with Gasteiger partial charge in [-0.05, 0) is 48.9 Å². The topological polar surface area (TPSA) is 12.0 Å². The minimum absolute atomic E-state index is 0.0849. The summed E-state index contributed by atoms with van der Waals surface area (Å²) in [6, 6.07) is 3.86. The quantitative estimate of drug-likeness (QED) is 0.764. The lowest BCUT2D eigenvalue weighted by Gasteiger charge is -2.31. The third kappa shape index (κ3) is 5.27. The van der Waals surface area contributed by atoms with Crippen LogP contribution in [0, 0.1) is 23.0 Å². The van der Waals surface area contributed by atoms with E-state index in [1.807, 2.05) is 0 Å². The van der Waals surface area contributed by atoms with Gasteiger partial charge in [-0.15, -0.1) is 0 Å². The van der Waals surface area contributed by atoms with Crippen molar-refractivity contribution in [2.45, 2.75) is 40.5 Å². The third-order valence-electron chi connectivity index (χ3n) is 3.52. The van der Waals surface area contributed by atoms with Crippen molar-refractivity contribution in [3.8, 4) is 0 Å². The van der Waals surface area contributed by atoms with Crippen molar-refractivity contribution >= 4 is 0 Å². The average Bonchev–Trinajstić information content (AvgIpc) is 2.29. The highest BCUT2D eigenvalue weighted by Crippen LogP contribution is 2.29. The van der Waals surface area contributed by atoms with Gasteiger partial charge in [0.1, 0.15) is 11.6 Å². The smallest absolute Gasteiger partial charge is 0.129 e. The van der Waals surface area contributed by atoms with Gasteiger partial charge in [-0.2, -0.15) is 0 Å². The molecule has 1 unspecified atom stereocenters. The van der Waals surface area contributed by atoms with Crippen LogP contribution in [-0.4, -0.2) is 13.1 Å². The molecule has 0 aliphatic heterocycles. The van der Waals surface area contributed by atoms with E-state index < -0.39 is 11.6 Å². The molecule has 0 bridgehead atoms. The molecule has 0 fully saturated rings. The van der Waals surface area contributed by atoms with E-state index in [1.54, 1.807) is 6.07 Å². The van der Waals surface area contributed by atoms with Crippen molar-refractivity contribution in [1.82, 2.24) is 5.32 Å². The molecule has 1 nitrogen and oxygen atoms in total. The fraction of sp³-hybridized carbons (Fsp3) is 0.625. The highest BCUT2D eigenvalue weighted by atomic mass is 19.1. The largest absolute Gasteiger partial charge is 0.316 e. The number of hydrogen-bond donors (Lipinski definition) is 1. The second-order valence-electron chi connectivity index (χ2n) is 6.21. The highest BCUT2D eigenvalue weighted by Gasteiger charge is 2.25. The van der Waals surface area contributed by atoms with Gasteiger partial charge in [0.05, 0.1) is 0 Å². The molecule has 3 heteroatoms. The van der Waals surface area contributed by atoms with Crippen molar-refractivity contribution in [2.75, 3.05) is 13.1 Å². The van der Waals surface area contributed by atoms with E-state index in [-0.39, 0.29) is 5.41 Å². The number of halogens is 2. The monoisotopic (exact) mass is 269 g/mol. The first kappa shape index (κ1) is 16.1. The fourth-order valence-electron chi connectivity index (χ4n) is 2.09. The number of rotatable bonds is 6. The Labute approximate surface area is 115 Å². The first-order chi connectivity index (χ1) is 8.84. The zero-order valence-electron chi connectivity index (χ0n) is 12.4. The summed E-state index contributed by atoms with van der Waals surface area (Å²) < 4.78 is 26.6. The second kappa shape index (κ2) is 6.99. The predicted molar refractivity (Wildman–Crippen MR) is 76.2 cm³/mol. The Morgan fingerprint density at radius 3 is 2.42 bits per heavy atom. The van der Waals surface area contributed by atoms with Crippen LogP contribution in [-0.2, 0) is 6.42 Å². The Hall–Kier alpha value is -0.960. The van der Waals surface area contributed by atoms with Crippen molar-refractivity contribution in [3.63, 3.8) is 0 Å². The summed E-state index contributed by atoms with van der Waals surface area (Å²) in [5.41, 5.74) is 0.682. The molecule has 0 radical (unpaired) electrons. The second-order valence-corrected chi connectivity index (χ2v) is 6.21. The normalized spacial score (nSPS) is 13.6. The maximum absolute atomic E-state index is 13.7. The molecule has 1 aromatic rings. The lowest BCUT2D eigenvalue weighted by Crippen LogP contribution is -2.34.